The smallest absolute Gasteiger partial charge is 0.369 e. The van der Waals surface area contributed by atoms with Crippen LogP contribution in [0, 0.1) is 5.92 Å². The molecule has 2 aromatic heterocycles. The van der Waals surface area contributed by atoms with Gasteiger partial charge >= 0.3 is 6.18 Å². The van der Waals surface area contributed by atoms with E-state index in [1.807, 2.05) is 0 Å². The minimum absolute atomic E-state index is 0.00990. The van der Waals surface area contributed by atoms with Crippen LogP contribution < -0.4 is 10.0 Å². The van der Waals surface area contributed by atoms with Crippen molar-refractivity contribution in [2.24, 2.45) is 5.92 Å². The Hall–Kier alpha value is -1.76. The Morgan fingerprint density at radius 2 is 2.13 bits per heavy atom. The number of hydrogen-bond donors (Lipinski definition) is 2. The summed E-state index contributed by atoms with van der Waals surface area (Å²) in [4.78, 5) is 8.94. The molecular formula is C19H26F3N5O2S2. The lowest BCUT2D eigenvalue weighted by Crippen LogP contribution is -2.37. The number of rotatable bonds is 8. The molecule has 2 aromatic rings. The van der Waals surface area contributed by atoms with Gasteiger partial charge in [0.2, 0.25) is 10.0 Å². The molecule has 0 aliphatic carbocycles. The van der Waals surface area contributed by atoms with Crippen LogP contribution in [0.5, 0.6) is 0 Å². The topological polar surface area (TPSA) is 87.2 Å². The first-order valence-corrected chi connectivity index (χ1v) is 12.4. The highest BCUT2D eigenvalue weighted by Gasteiger charge is 2.40. The zero-order valence-electron chi connectivity index (χ0n) is 17.3. The molecular weight excluding hydrogens is 451 g/mol. The van der Waals surface area contributed by atoms with Gasteiger partial charge in [-0.05, 0) is 44.4 Å². The monoisotopic (exact) mass is 477 g/mol. The van der Waals surface area contributed by atoms with Crippen molar-refractivity contribution in [1.29, 1.82) is 0 Å². The molecule has 0 saturated carbocycles. The van der Waals surface area contributed by atoms with E-state index in [-0.39, 0.29) is 5.82 Å². The lowest BCUT2D eigenvalue weighted by molar-refractivity contribution is -0.143. The van der Waals surface area contributed by atoms with E-state index in [1.54, 1.807) is 5.38 Å². The summed E-state index contributed by atoms with van der Waals surface area (Å²) < 4.78 is 68.5. The fraction of sp³-hybridized carbons (Fsp3) is 0.579. The van der Waals surface area contributed by atoms with Crippen LogP contribution in [-0.2, 0) is 16.2 Å². The van der Waals surface area contributed by atoms with E-state index < -0.39 is 32.8 Å². The van der Waals surface area contributed by atoms with Crippen molar-refractivity contribution in [2.75, 3.05) is 31.5 Å². The van der Waals surface area contributed by atoms with E-state index in [1.165, 1.54) is 36.9 Å². The highest BCUT2D eigenvalue weighted by atomic mass is 32.2. The average Bonchev–Trinajstić information content (AvgIpc) is 3.22. The molecule has 0 aromatic carbocycles. The number of hydrogen-bond acceptors (Lipinski definition) is 7. The summed E-state index contributed by atoms with van der Waals surface area (Å²) in [5.74, 6) is 0.594. The number of likely N-dealkylation sites (tertiary alicyclic amines) is 1. The number of anilines is 1. The zero-order valence-corrected chi connectivity index (χ0v) is 18.9. The summed E-state index contributed by atoms with van der Waals surface area (Å²) >= 11 is 1.21. The van der Waals surface area contributed by atoms with Crippen molar-refractivity contribution in [2.45, 2.75) is 43.8 Å². The van der Waals surface area contributed by atoms with Crippen molar-refractivity contribution < 1.29 is 21.6 Å². The predicted octanol–water partition coefficient (Wildman–Crippen LogP) is 3.74. The maximum Gasteiger partial charge on any atom is 0.434 e. The van der Waals surface area contributed by atoms with Gasteiger partial charge in [-0.1, -0.05) is 6.92 Å². The standard InChI is InChI=1S/C19H26F3N5O2S2/c1-13-4-3-9-27(12-13)10-7-23-16-6-5-15(17(25-16)19(20,21)22)31(28,29)26-14(2)18-24-8-11-30-18/h5-6,8,11,13-14,26H,3-4,7,9-10,12H2,1-2H3,(H,23,25). The zero-order chi connectivity index (χ0) is 22.6. The van der Waals surface area contributed by atoms with Crippen LogP contribution in [0.2, 0.25) is 0 Å². The Morgan fingerprint density at radius 3 is 2.77 bits per heavy atom. The van der Waals surface area contributed by atoms with Gasteiger partial charge in [-0.25, -0.2) is 23.1 Å². The van der Waals surface area contributed by atoms with Crippen LogP contribution in [0.15, 0.2) is 28.6 Å². The molecule has 0 radical (unpaired) electrons. The van der Waals surface area contributed by atoms with Crippen LogP contribution in [0.3, 0.4) is 0 Å². The molecule has 0 bridgehead atoms. The van der Waals surface area contributed by atoms with Gasteiger partial charge in [0, 0.05) is 31.2 Å². The predicted molar refractivity (Wildman–Crippen MR) is 113 cm³/mol. The fourth-order valence-corrected chi connectivity index (χ4v) is 5.68. The number of sulfonamides is 1. The van der Waals surface area contributed by atoms with Crippen molar-refractivity contribution in [3.8, 4) is 0 Å². The first kappa shape index (κ1) is 23.9. The van der Waals surface area contributed by atoms with Crippen molar-refractivity contribution in [3.63, 3.8) is 0 Å². The molecule has 3 rings (SSSR count). The van der Waals surface area contributed by atoms with Crippen molar-refractivity contribution in [3.05, 3.63) is 34.4 Å². The number of piperidine rings is 1. The number of pyridine rings is 1. The van der Waals surface area contributed by atoms with Gasteiger partial charge in [0.25, 0.3) is 0 Å². The molecule has 1 aliphatic heterocycles. The molecule has 0 amide bonds. The number of aromatic nitrogens is 2. The second kappa shape index (κ2) is 9.80. The van der Waals surface area contributed by atoms with Crippen LogP contribution in [0.25, 0.3) is 0 Å². The Kier molecular flexibility index (Phi) is 7.55. The molecule has 3 heterocycles. The van der Waals surface area contributed by atoms with Crippen molar-refractivity contribution in [1.82, 2.24) is 19.6 Å². The summed E-state index contributed by atoms with van der Waals surface area (Å²) in [6.07, 6.45) is -1.13. The van der Waals surface area contributed by atoms with E-state index in [0.717, 1.165) is 25.6 Å². The first-order chi connectivity index (χ1) is 14.6. The number of nitrogens with zero attached hydrogens (tertiary/aromatic N) is 3. The SMILES string of the molecule is CC1CCCN(CCNc2ccc(S(=O)(=O)NC(C)c3nccs3)c(C(F)(F)F)n2)C1. The Bertz CT molecular complexity index is 967. The lowest BCUT2D eigenvalue weighted by atomic mass is 10.0. The Balaban J connectivity index is 1.73. The minimum atomic E-state index is -4.92. The van der Waals surface area contributed by atoms with Gasteiger partial charge in [0.05, 0.1) is 6.04 Å². The maximum absolute atomic E-state index is 13.6. The molecule has 7 nitrogen and oxygen atoms in total. The van der Waals surface area contributed by atoms with E-state index >= 15 is 0 Å². The second-order valence-electron chi connectivity index (χ2n) is 7.73. The van der Waals surface area contributed by atoms with Gasteiger partial charge in [0.1, 0.15) is 15.7 Å². The summed E-state index contributed by atoms with van der Waals surface area (Å²) in [5, 5.41) is 5.00. The molecule has 12 heteroatoms. The van der Waals surface area contributed by atoms with Crippen LogP contribution in [0.4, 0.5) is 19.0 Å². The number of halogens is 3. The van der Waals surface area contributed by atoms with Gasteiger partial charge in [-0.15, -0.1) is 11.3 Å². The largest absolute Gasteiger partial charge is 0.434 e. The van der Waals surface area contributed by atoms with Gasteiger partial charge in [0.15, 0.2) is 5.69 Å². The van der Waals surface area contributed by atoms with Gasteiger partial charge < -0.3 is 10.2 Å². The van der Waals surface area contributed by atoms with Gasteiger partial charge in [-0.3, -0.25) is 0 Å². The molecule has 2 N–H and O–H groups in total. The summed E-state index contributed by atoms with van der Waals surface area (Å²) in [6, 6.07) is 1.44. The third-order valence-electron chi connectivity index (χ3n) is 5.05. The summed E-state index contributed by atoms with van der Waals surface area (Å²) in [5.41, 5.74) is -1.44. The summed E-state index contributed by atoms with van der Waals surface area (Å²) in [6.45, 7) is 6.73. The lowest BCUT2D eigenvalue weighted by Gasteiger charge is -2.30. The fourth-order valence-electron chi connectivity index (χ4n) is 3.59. The Labute approximate surface area is 184 Å². The maximum atomic E-state index is 13.6. The third-order valence-corrected chi connectivity index (χ3v) is 7.58. The summed E-state index contributed by atoms with van der Waals surface area (Å²) in [7, 11) is -4.46. The van der Waals surface area contributed by atoms with Crippen molar-refractivity contribution >= 4 is 27.2 Å². The minimum Gasteiger partial charge on any atom is -0.369 e. The van der Waals surface area contributed by atoms with Crippen LogP contribution in [0.1, 0.15) is 43.4 Å². The number of nitrogens with one attached hydrogen (secondary N) is 2. The molecule has 1 saturated heterocycles. The molecule has 2 atom stereocenters. The molecule has 1 aliphatic rings. The average molecular weight is 478 g/mol. The van der Waals surface area contributed by atoms with E-state index in [2.05, 4.69) is 31.8 Å². The highest BCUT2D eigenvalue weighted by Crippen LogP contribution is 2.34. The quantitative estimate of drug-likeness (QED) is 0.602. The molecule has 0 spiro atoms. The van der Waals surface area contributed by atoms with Gasteiger partial charge in [-0.2, -0.15) is 13.2 Å². The first-order valence-electron chi connectivity index (χ1n) is 10.0. The normalized spacial score (nSPS) is 19.3. The van der Waals surface area contributed by atoms with E-state index in [0.29, 0.717) is 24.0 Å². The van der Waals surface area contributed by atoms with Crippen LogP contribution >= 0.6 is 11.3 Å². The Morgan fingerprint density at radius 1 is 1.35 bits per heavy atom. The molecule has 1 fully saturated rings. The third kappa shape index (κ3) is 6.37. The number of alkyl halides is 3. The van der Waals surface area contributed by atoms with E-state index in [9.17, 15) is 21.6 Å². The molecule has 2 unspecified atom stereocenters. The van der Waals surface area contributed by atoms with Crippen LogP contribution in [-0.4, -0.2) is 49.5 Å². The highest BCUT2D eigenvalue weighted by molar-refractivity contribution is 7.89. The second-order valence-corrected chi connectivity index (χ2v) is 10.3. The molecule has 172 valence electrons. The number of thiazole rings is 1. The molecule has 31 heavy (non-hydrogen) atoms. The van der Waals surface area contributed by atoms with E-state index in [4.69, 9.17) is 0 Å².